The van der Waals surface area contributed by atoms with Crippen LogP contribution in [0.4, 0.5) is 0 Å². The molecule has 0 fully saturated rings. The molecule has 1 aliphatic rings. The number of hydrogen-bond acceptors (Lipinski definition) is 10. The molecule has 0 aliphatic carbocycles. The maximum atomic E-state index is 12.7. The van der Waals surface area contributed by atoms with Gasteiger partial charge in [0, 0.05) is 12.8 Å². The highest BCUT2D eigenvalue weighted by Crippen LogP contribution is 2.39. The van der Waals surface area contributed by atoms with Gasteiger partial charge in [0.05, 0.1) is 27.7 Å². The number of unbranched alkanes of at least 4 members (excludes halogenated alkanes) is 16. The van der Waals surface area contributed by atoms with Crippen LogP contribution in [-0.2, 0) is 32.7 Å². The van der Waals surface area contributed by atoms with E-state index in [9.17, 15) is 19.0 Å². The highest BCUT2D eigenvalue weighted by molar-refractivity contribution is 7.45. The Morgan fingerprint density at radius 1 is 0.667 bits per heavy atom. The van der Waals surface area contributed by atoms with Gasteiger partial charge in [0.15, 0.2) is 11.8 Å². The van der Waals surface area contributed by atoms with E-state index in [2.05, 4.69) is 24.1 Å². The summed E-state index contributed by atoms with van der Waals surface area (Å²) in [5, 5.41) is 8.52. The van der Waals surface area contributed by atoms with E-state index in [1.807, 2.05) is 21.1 Å². The third-order valence-corrected chi connectivity index (χ3v) is 9.63. The lowest BCUT2D eigenvalue weighted by molar-refractivity contribution is -0.870. The molecule has 0 aromatic heterocycles. The lowest BCUT2D eigenvalue weighted by Gasteiger charge is -2.28. The minimum absolute atomic E-state index is 0.0423. The van der Waals surface area contributed by atoms with Gasteiger partial charge in [0.1, 0.15) is 19.8 Å². The van der Waals surface area contributed by atoms with Gasteiger partial charge in [-0.25, -0.2) is 0 Å². The second-order valence-electron chi connectivity index (χ2n) is 14.6. The fourth-order valence-electron chi connectivity index (χ4n) is 5.47. The molecule has 1 rings (SSSR count). The number of phosphoric acid groups is 1. The van der Waals surface area contributed by atoms with Crippen LogP contribution in [-0.4, -0.2) is 75.7 Å². The molecule has 0 saturated carbocycles. The molecule has 1 heterocycles. The van der Waals surface area contributed by atoms with E-state index in [1.165, 1.54) is 89.9 Å². The lowest BCUT2D eigenvalue weighted by atomic mass is 9.98. The van der Waals surface area contributed by atoms with Crippen molar-refractivity contribution in [1.29, 1.82) is 0 Å². The number of carbonyl (C=O) groups is 2. The van der Waals surface area contributed by atoms with E-state index in [-0.39, 0.29) is 31.7 Å². The van der Waals surface area contributed by atoms with Crippen molar-refractivity contribution in [2.45, 2.75) is 173 Å². The molecule has 12 heteroatoms. The number of phosphoric ester groups is 1. The number of rotatable bonds is 34. The van der Waals surface area contributed by atoms with Crippen LogP contribution in [0.2, 0.25) is 0 Å². The van der Waals surface area contributed by atoms with Gasteiger partial charge >= 0.3 is 11.9 Å². The molecule has 0 saturated heterocycles. The molecule has 11 nitrogen and oxygen atoms in total. The Hall–Kier alpha value is -1.39. The molecule has 2 unspecified atom stereocenters. The van der Waals surface area contributed by atoms with Crippen molar-refractivity contribution in [2.24, 2.45) is 10.2 Å². The Kier molecular flexibility index (Phi) is 24.6. The highest BCUT2D eigenvalue weighted by atomic mass is 31.2. The molecule has 0 aromatic rings. The summed E-state index contributed by atoms with van der Waals surface area (Å²) in [5.41, 5.74) is -0.367. The third kappa shape index (κ3) is 26.5. The minimum atomic E-state index is -4.64. The Morgan fingerprint density at radius 2 is 1.15 bits per heavy atom. The van der Waals surface area contributed by atoms with Gasteiger partial charge in [0.2, 0.25) is 0 Å². The standard InChI is InChI=1S/C36H70N3O8P/c1-6-8-10-12-14-15-16-17-18-20-22-25-34(40)44-31-33(32-46-48(42,43)45-30-29-39(3,4)5)47-35(41)26-24-28-36(37-38-36)27-23-21-19-13-11-9-7-2/h33H,6-32H2,1-5H3. The first kappa shape index (κ1) is 44.6. The summed E-state index contributed by atoms with van der Waals surface area (Å²) in [6, 6.07) is 0. The van der Waals surface area contributed by atoms with E-state index in [1.54, 1.807) is 0 Å². The summed E-state index contributed by atoms with van der Waals surface area (Å²) < 4.78 is 33.8. The zero-order valence-corrected chi connectivity index (χ0v) is 32.1. The average Bonchev–Trinajstić information content (AvgIpc) is 3.79. The van der Waals surface area contributed by atoms with Gasteiger partial charge in [-0.15, -0.1) is 0 Å². The maximum Gasteiger partial charge on any atom is 0.306 e. The number of carbonyl (C=O) groups excluding carboxylic acids is 2. The fraction of sp³-hybridized carbons (Fsp3) is 0.944. The topological polar surface area (TPSA) is 136 Å². The van der Waals surface area contributed by atoms with Crippen LogP contribution in [0.3, 0.4) is 0 Å². The van der Waals surface area contributed by atoms with E-state index < -0.39 is 32.5 Å². The first-order valence-electron chi connectivity index (χ1n) is 19.1. The van der Waals surface area contributed by atoms with E-state index in [4.69, 9.17) is 18.5 Å². The quantitative estimate of drug-likeness (QED) is 0.0281. The number of likely N-dealkylation sites (N-methyl/N-ethyl adjacent to an activating group) is 1. The highest BCUT2D eigenvalue weighted by Gasteiger charge is 2.38. The molecule has 282 valence electrons. The van der Waals surface area contributed by atoms with Gasteiger partial charge < -0.3 is 27.9 Å². The summed E-state index contributed by atoms with van der Waals surface area (Å²) in [7, 11) is 1.12. The molecule has 1 aliphatic heterocycles. The average molecular weight is 704 g/mol. The fourth-order valence-corrected chi connectivity index (χ4v) is 6.20. The molecule has 0 aromatic carbocycles. The van der Waals surface area contributed by atoms with Gasteiger partial charge in [0.25, 0.3) is 7.82 Å². The van der Waals surface area contributed by atoms with Gasteiger partial charge in [-0.2, -0.15) is 10.2 Å². The number of nitrogens with zero attached hydrogens (tertiary/aromatic N) is 3. The molecule has 0 bridgehead atoms. The molecule has 0 N–H and O–H groups in total. The molecule has 0 radical (unpaired) electrons. The van der Waals surface area contributed by atoms with E-state index in [0.717, 1.165) is 32.1 Å². The first-order chi connectivity index (χ1) is 22.9. The van der Waals surface area contributed by atoms with Crippen molar-refractivity contribution in [2.75, 3.05) is 47.5 Å². The van der Waals surface area contributed by atoms with Gasteiger partial charge in [-0.1, -0.05) is 117 Å². The number of ether oxygens (including phenoxy) is 2. The Balaban J connectivity index is 2.42. The summed E-state index contributed by atoms with van der Waals surface area (Å²) >= 11 is 0. The van der Waals surface area contributed by atoms with E-state index in [0.29, 0.717) is 23.9 Å². The minimum Gasteiger partial charge on any atom is -0.756 e. The monoisotopic (exact) mass is 703 g/mol. The Morgan fingerprint density at radius 3 is 1.67 bits per heavy atom. The van der Waals surface area contributed by atoms with Crippen LogP contribution in [0.1, 0.15) is 162 Å². The summed E-state index contributed by atoms with van der Waals surface area (Å²) in [4.78, 5) is 37.5. The van der Waals surface area contributed by atoms with Crippen LogP contribution in [0, 0.1) is 0 Å². The smallest absolute Gasteiger partial charge is 0.306 e. The molecular weight excluding hydrogens is 633 g/mol. The van der Waals surface area contributed by atoms with Crippen LogP contribution in [0.5, 0.6) is 0 Å². The van der Waals surface area contributed by atoms with Crippen molar-refractivity contribution in [3.8, 4) is 0 Å². The normalized spacial score (nSPS) is 15.6. The SMILES string of the molecule is CCCCCCCCCCCCCC(=O)OCC(COP(=O)([O-])OCC[N+](C)(C)C)OC(=O)CCCC1(CCCCCCCCC)N=N1. The molecule has 48 heavy (non-hydrogen) atoms. The number of quaternary nitrogens is 1. The maximum absolute atomic E-state index is 12.7. The second-order valence-corrected chi connectivity index (χ2v) is 16.0. The van der Waals surface area contributed by atoms with Crippen molar-refractivity contribution < 1.29 is 42.1 Å². The van der Waals surface area contributed by atoms with Gasteiger partial charge in [-0.3, -0.25) is 14.2 Å². The van der Waals surface area contributed by atoms with Crippen molar-refractivity contribution in [3.63, 3.8) is 0 Å². The molecule has 2 atom stereocenters. The van der Waals surface area contributed by atoms with Crippen LogP contribution < -0.4 is 4.89 Å². The molecular formula is C36H70N3O8P. The summed E-state index contributed by atoms with van der Waals surface area (Å²) in [6.45, 7) is 4.09. The van der Waals surface area contributed by atoms with Crippen LogP contribution in [0.25, 0.3) is 0 Å². The first-order valence-corrected chi connectivity index (χ1v) is 20.6. The van der Waals surface area contributed by atoms with Crippen molar-refractivity contribution >= 4 is 19.8 Å². The Labute approximate surface area is 292 Å². The molecule has 0 amide bonds. The third-order valence-electron chi connectivity index (χ3n) is 8.66. The lowest BCUT2D eigenvalue weighted by Crippen LogP contribution is -2.37. The molecule has 0 spiro atoms. The van der Waals surface area contributed by atoms with Crippen LogP contribution >= 0.6 is 7.82 Å². The largest absolute Gasteiger partial charge is 0.756 e. The van der Waals surface area contributed by atoms with E-state index >= 15 is 0 Å². The van der Waals surface area contributed by atoms with Crippen molar-refractivity contribution in [1.82, 2.24) is 0 Å². The zero-order chi connectivity index (χ0) is 35.6. The number of esters is 2. The zero-order valence-electron chi connectivity index (χ0n) is 31.2. The predicted molar refractivity (Wildman–Crippen MR) is 188 cm³/mol. The Bertz CT molecular complexity index is 921. The van der Waals surface area contributed by atoms with Gasteiger partial charge in [-0.05, 0) is 32.1 Å². The van der Waals surface area contributed by atoms with Crippen LogP contribution in [0.15, 0.2) is 10.2 Å². The predicted octanol–water partition coefficient (Wildman–Crippen LogP) is 8.82. The summed E-state index contributed by atoms with van der Waals surface area (Å²) in [6.07, 6.45) is 23.0. The van der Waals surface area contributed by atoms with Crippen molar-refractivity contribution in [3.05, 3.63) is 0 Å². The summed E-state index contributed by atoms with van der Waals surface area (Å²) in [5.74, 6) is -0.913. The second kappa shape index (κ2) is 26.4. The number of hydrogen-bond donors (Lipinski definition) is 0.